The van der Waals surface area contributed by atoms with Gasteiger partial charge in [0.1, 0.15) is 31.0 Å². The van der Waals surface area contributed by atoms with Crippen molar-refractivity contribution in [2.24, 2.45) is 17.3 Å². The molecule has 2 aliphatic carbocycles. The number of hydrogen-bond donors (Lipinski definition) is 0. The van der Waals surface area contributed by atoms with E-state index in [1.807, 2.05) is 20.8 Å². The number of carbonyl (C=O) groups excluding carboxylic acids is 2. The molecule has 1 aliphatic heterocycles. The third-order valence-corrected chi connectivity index (χ3v) is 8.92. The van der Waals surface area contributed by atoms with Crippen LogP contribution in [0.15, 0.2) is 12.7 Å². The average Bonchev–Trinajstić information content (AvgIpc) is 3.02. The molecule has 0 aromatic carbocycles. The molecule has 152 valence electrons. The van der Waals surface area contributed by atoms with Gasteiger partial charge in [-0.05, 0) is 26.2 Å². The number of fused-ring (bicyclic) bond motifs is 1. The zero-order valence-electron chi connectivity index (χ0n) is 16.0. The first-order valence-electron chi connectivity index (χ1n) is 8.96. The third-order valence-electron chi connectivity index (χ3n) is 7.14. The van der Waals surface area contributed by atoms with E-state index in [1.54, 1.807) is 6.92 Å². The molecule has 0 aromatic heterocycles. The number of rotatable bonds is 7. The summed E-state index contributed by atoms with van der Waals surface area (Å²) in [5, 5.41) is -0.523. The summed E-state index contributed by atoms with van der Waals surface area (Å²) in [5.74, 6) is -1.32. The molecule has 0 N–H and O–H groups in total. The molecule has 0 amide bonds. The van der Waals surface area contributed by atoms with Crippen LogP contribution in [0.2, 0.25) is 0 Å². The Morgan fingerprint density at radius 3 is 2.48 bits per heavy atom. The largest absolute Gasteiger partial charge is 0.460 e. The van der Waals surface area contributed by atoms with Gasteiger partial charge in [-0.2, -0.15) is 8.42 Å². The van der Waals surface area contributed by atoms with Crippen molar-refractivity contribution >= 4 is 22.1 Å². The molecule has 3 aliphatic rings. The van der Waals surface area contributed by atoms with Crippen molar-refractivity contribution in [3.63, 3.8) is 0 Å². The van der Waals surface area contributed by atoms with Gasteiger partial charge in [-0.1, -0.05) is 20.4 Å². The molecule has 2 saturated carbocycles. The Bertz CT molecular complexity index is 776. The molecular formula is C18H26O8S. The molecule has 3 rings (SSSR count). The van der Waals surface area contributed by atoms with E-state index in [-0.39, 0.29) is 31.7 Å². The lowest BCUT2D eigenvalue weighted by atomic mass is 9.66. The third kappa shape index (κ3) is 2.66. The lowest BCUT2D eigenvalue weighted by molar-refractivity contribution is -0.202. The number of ether oxygens (including phenoxy) is 3. The van der Waals surface area contributed by atoms with Gasteiger partial charge in [0.25, 0.3) is 10.1 Å². The second-order valence-electron chi connectivity index (χ2n) is 8.07. The van der Waals surface area contributed by atoms with Gasteiger partial charge in [0.15, 0.2) is 0 Å². The van der Waals surface area contributed by atoms with Gasteiger partial charge >= 0.3 is 11.9 Å². The minimum atomic E-state index is -3.65. The molecule has 9 heteroatoms. The maximum Gasteiger partial charge on any atom is 0.332 e. The Balaban J connectivity index is 1.66. The summed E-state index contributed by atoms with van der Waals surface area (Å²) in [6.07, 6.45) is 1.46. The van der Waals surface area contributed by atoms with E-state index in [4.69, 9.17) is 18.4 Å². The van der Waals surface area contributed by atoms with Gasteiger partial charge in [0, 0.05) is 17.4 Å². The molecule has 27 heavy (non-hydrogen) atoms. The minimum absolute atomic E-state index is 0.0733. The minimum Gasteiger partial charge on any atom is -0.460 e. The van der Waals surface area contributed by atoms with E-state index < -0.39 is 43.9 Å². The zero-order chi connectivity index (χ0) is 20.3. The van der Waals surface area contributed by atoms with Crippen LogP contribution < -0.4 is 0 Å². The Morgan fingerprint density at radius 1 is 1.22 bits per heavy atom. The molecule has 2 bridgehead atoms. The van der Waals surface area contributed by atoms with Crippen LogP contribution in [0.3, 0.4) is 0 Å². The summed E-state index contributed by atoms with van der Waals surface area (Å²) < 4.78 is 46.2. The molecular weight excluding hydrogens is 376 g/mol. The van der Waals surface area contributed by atoms with Gasteiger partial charge in [-0.25, -0.2) is 9.59 Å². The Labute approximate surface area is 159 Å². The second kappa shape index (κ2) is 6.28. The number of esters is 2. The summed E-state index contributed by atoms with van der Waals surface area (Å²) in [4.78, 5) is 22.9. The zero-order valence-corrected chi connectivity index (χ0v) is 16.8. The van der Waals surface area contributed by atoms with Crippen molar-refractivity contribution in [2.45, 2.75) is 50.6 Å². The van der Waals surface area contributed by atoms with Gasteiger partial charge in [-0.3, -0.25) is 4.18 Å². The number of hydrogen-bond acceptors (Lipinski definition) is 8. The first-order valence-corrected chi connectivity index (χ1v) is 10.4. The molecule has 6 unspecified atom stereocenters. The first kappa shape index (κ1) is 20.3. The second-order valence-corrected chi connectivity index (χ2v) is 9.83. The maximum absolute atomic E-state index is 12.4. The predicted octanol–water partition coefficient (Wildman–Crippen LogP) is 1.20. The summed E-state index contributed by atoms with van der Waals surface area (Å²) in [6.45, 7) is 10.3. The monoisotopic (exact) mass is 402 g/mol. The normalized spacial score (nSPS) is 43.5. The van der Waals surface area contributed by atoms with Crippen LogP contribution in [0.4, 0.5) is 0 Å². The fourth-order valence-corrected chi connectivity index (χ4v) is 7.71. The molecule has 6 atom stereocenters. The highest BCUT2D eigenvalue weighted by Crippen LogP contribution is 2.74. The molecule has 3 fully saturated rings. The fraction of sp³-hybridized carbons (Fsp3) is 0.778. The van der Waals surface area contributed by atoms with Crippen molar-refractivity contribution in [2.75, 3.05) is 19.8 Å². The molecule has 1 saturated heterocycles. The maximum atomic E-state index is 12.4. The number of carbonyl (C=O) groups is 2. The van der Waals surface area contributed by atoms with Crippen LogP contribution in [0.25, 0.3) is 0 Å². The van der Waals surface area contributed by atoms with E-state index in [9.17, 15) is 18.0 Å². The smallest absolute Gasteiger partial charge is 0.332 e. The van der Waals surface area contributed by atoms with Gasteiger partial charge in [0.2, 0.25) is 0 Å². The van der Waals surface area contributed by atoms with Gasteiger partial charge in [-0.15, -0.1) is 0 Å². The fourth-order valence-electron chi connectivity index (χ4n) is 5.42. The van der Waals surface area contributed by atoms with E-state index in [1.165, 1.54) is 0 Å². The van der Waals surface area contributed by atoms with Crippen molar-refractivity contribution < 1.29 is 36.4 Å². The predicted molar refractivity (Wildman–Crippen MR) is 94.0 cm³/mol. The Morgan fingerprint density at radius 2 is 1.85 bits per heavy atom. The quantitative estimate of drug-likeness (QED) is 0.271. The van der Waals surface area contributed by atoms with Gasteiger partial charge in [0.05, 0.1) is 5.25 Å². The van der Waals surface area contributed by atoms with Crippen molar-refractivity contribution in [1.29, 1.82) is 0 Å². The topological polar surface area (TPSA) is 105 Å². The average molecular weight is 402 g/mol. The lowest BCUT2D eigenvalue weighted by Gasteiger charge is -2.48. The SMILES string of the molecule is C=CC(=O)OCCOC(=O)COC1(C)C2(C)CC3C(C2C)C1(C)OS3(=O)=O. The summed E-state index contributed by atoms with van der Waals surface area (Å²) in [5.41, 5.74) is -2.43. The van der Waals surface area contributed by atoms with Crippen LogP contribution in [0.1, 0.15) is 34.1 Å². The summed E-state index contributed by atoms with van der Waals surface area (Å²) in [6, 6.07) is 0. The lowest BCUT2D eigenvalue weighted by Crippen LogP contribution is -2.60. The van der Waals surface area contributed by atoms with Crippen LogP contribution in [0.5, 0.6) is 0 Å². The highest BCUT2D eigenvalue weighted by atomic mass is 32.2. The molecule has 1 heterocycles. The van der Waals surface area contributed by atoms with Crippen molar-refractivity contribution in [3.8, 4) is 0 Å². The molecule has 8 nitrogen and oxygen atoms in total. The Hall–Kier alpha value is -1.45. The van der Waals surface area contributed by atoms with Crippen LogP contribution in [-0.2, 0) is 38.1 Å². The molecule has 0 aromatic rings. The van der Waals surface area contributed by atoms with Gasteiger partial charge < -0.3 is 14.2 Å². The van der Waals surface area contributed by atoms with Crippen molar-refractivity contribution in [3.05, 3.63) is 12.7 Å². The summed E-state index contributed by atoms with van der Waals surface area (Å²) >= 11 is 0. The Kier molecular flexibility index (Phi) is 4.72. The van der Waals surface area contributed by atoms with Crippen molar-refractivity contribution in [1.82, 2.24) is 0 Å². The van der Waals surface area contributed by atoms with E-state index in [0.717, 1.165) is 6.08 Å². The van der Waals surface area contributed by atoms with Crippen LogP contribution in [-0.4, -0.2) is 56.6 Å². The van der Waals surface area contributed by atoms with E-state index in [0.29, 0.717) is 6.42 Å². The standard InChI is InChI=1S/C18H26O8S/c1-6-13(19)23-7-8-24-14(20)10-25-18(5)16(3)9-12-15(11(16)2)17(18,4)26-27(12,21)22/h6,11-12,15H,1,7-10H2,2-5H3. The van der Waals surface area contributed by atoms with E-state index >= 15 is 0 Å². The van der Waals surface area contributed by atoms with E-state index in [2.05, 4.69) is 6.58 Å². The summed E-state index contributed by atoms with van der Waals surface area (Å²) in [7, 11) is -3.65. The van der Waals surface area contributed by atoms with Crippen LogP contribution >= 0.6 is 0 Å². The highest BCUT2D eigenvalue weighted by Gasteiger charge is 2.83. The molecule has 0 radical (unpaired) electrons. The first-order chi connectivity index (χ1) is 12.4. The molecule has 0 spiro atoms. The van der Waals surface area contributed by atoms with Crippen LogP contribution in [0, 0.1) is 17.3 Å². The highest BCUT2D eigenvalue weighted by molar-refractivity contribution is 7.87.